The zero-order valence-electron chi connectivity index (χ0n) is 20.4. The smallest absolute Gasteiger partial charge is 0.253 e. The number of benzene rings is 1. The van der Waals surface area contributed by atoms with Crippen LogP contribution in [0, 0.1) is 17.8 Å². The molecule has 1 aromatic heterocycles. The molecule has 3 heterocycles. The Hall–Kier alpha value is -2.34. The number of carbonyl (C=O) groups is 2. The quantitative estimate of drug-likeness (QED) is 0.749. The van der Waals surface area contributed by atoms with Crippen LogP contribution in [0.25, 0.3) is 10.9 Å². The van der Waals surface area contributed by atoms with Gasteiger partial charge in [0, 0.05) is 67.5 Å². The van der Waals surface area contributed by atoms with Gasteiger partial charge in [0.1, 0.15) is 0 Å². The molecule has 6 nitrogen and oxygen atoms in total. The Labute approximate surface area is 202 Å². The molecule has 2 atom stereocenters. The molecular formula is C28H37N3O3. The van der Waals surface area contributed by atoms with Gasteiger partial charge in [0.15, 0.2) is 0 Å². The molecule has 4 aliphatic rings. The molecule has 1 unspecified atom stereocenters. The lowest BCUT2D eigenvalue weighted by atomic mass is 9.75. The van der Waals surface area contributed by atoms with Crippen molar-refractivity contribution in [1.29, 1.82) is 0 Å². The van der Waals surface area contributed by atoms with Gasteiger partial charge in [-0.2, -0.15) is 0 Å². The van der Waals surface area contributed by atoms with Crippen LogP contribution in [0.5, 0.6) is 0 Å². The van der Waals surface area contributed by atoms with E-state index in [9.17, 15) is 9.59 Å². The van der Waals surface area contributed by atoms with Crippen LogP contribution in [0.4, 0.5) is 0 Å². The minimum absolute atomic E-state index is 0.0826. The Morgan fingerprint density at radius 3 is 2.65 bits per heavy atom. The summed E-state index contributed by atoms with van der Waals surface area (Å²) in [4.78, 5) is 27.7. The van der Waals surface area contributed by atoms with Crippen LogP contribution >= 0.6 is 0 Å². The number of carbonyl (C=O) groups excluding carboxylic acids is 2. The molecule has 1 saturated carbocycles. The van der Waals surface area contributed by atoms with E-state index in [4.69, 9.17) is 4.74 Å². The summed E-state index contributed by atoms with van der Waals surface area (Å²) in [5.74, 6) is 1.97. The largest absolute Gasteiger partial charge is 0.381 e. The van der Waals surface area contributed by atoms with E-state index in [0.29, 0.717) is 6.54 Å². The monoisotopic (exact) mass is 463 g/mol. The van der Waals surface area contributed by atoms with Gasteiger partial charge in [-0.05, 0) is 93.4 Å². The lowest BCUT2D eigenvalue weighted by Crippen LogP contribution is -2.50. The minimum Gasteiger partial charge on any atom is -0.381 e. The second-order valence-corrected chi connectivity index (χ2v) is 11.0. The van der Waals surface area contributed by atoms with Gasteiger partial charge in [0.2, 0.25) is 5.91 Å². The highest BCUT2D eigenvalue weighted by molar-refractivity contribution is 5.99. The molecule has 3 fully saturated rings. The Morgan fingerprint density at radius 1 is 1.03 bits per heavy atom. The molecule has 2 amide bonds. The molecule has 1 aromatic carbocycles. The first-order chi connectivity index (χ1) is 16.6. The van der Waals surface area contributed by atoms with Crippen molar-refractivity contribution in [3.8, 4) is 0 Å². The number of hydrogen-bond donors (Lipinski definition) is 1. The normalized spacial score (nSPS) is 25.9. The van der Waals surface area contributed by atoms with E-state index < -0.39 is 0 Å². The zero-order valence-corrected chi connectivity index (χ0v) is 20.4. The van der Waals surface area contributed by atoms with Gasteiger partial charge in [-0.25, -0.2) is 0 Å². The zero-order chi connectivity index (χ0) is 23.2. The average molecular weight is 464 g/mol. The maximum atomic E-state index is 13.5. The molecule has 0 bridgehead atoms. The van der Waals surface area contributed by atoms with E-state index in [0.717, 1.165) is 75.7 Å². The molecule has 6 rings (SSSR count). The molecule has 2 saturated heterocycles. The van der Waals surface area contributed by atoms with Crippen molar-refractivity contribution in [2.75, 3.05) is 26.3 Å². The third kappa shape index (κ3) is 4.15. The predicted octanol–water partition coefficient (Wildman–Crippen LogP) is 3.84. The van der Waals surface area contributed by atoms with Gasteiger partial charge in [0.05, 0.1) is 0 Å². The van der Waals surface area contributed by atoms with E-state index in [1.165, 1.54) is 41.4 Å². The number of rotatable bonds is 4. The third-order valence-electron chi connectivity index (χ3n) is 8.84. The van der Waals surface area contributed by atoms with Crippen molar-refractivity contribution in [3.63, 3.8) is 0 Å². The molecule has 2 aromatic rings. The molecule has 2 aliphatic carbocycles. The average Bonchev–Trinajstić information content (AvgIpc) is 3.70. The number of nitrogens with zero attached hydrogens (tertiary/aromatic N) is 2. The molecule has 1 N–H and O–H groups in total. The number of aromatic nitrogens is 1. The SMILES string of the molecule is Cn1c2c(c3cc(C(=O)N4CCCC(NC(=O)C5CC5)C4)ccc31)C[C@@H](C1CCOCC1)CC2. The van der Waals surface area contributed by atoms with E-state index in [1.54, 1.807) is 0 Å². The number of piperidine rings is 1. The van der Waals surface area contributed by atoms with Crippen LogP contribution < -0.4 is 5.32 Å². The van der Waals surface area contributed by atoms with E-state index in [-0.39, 0.29) is 23.8 Å². The van der Waals surface area contributed by atoms with Gasteiger partial charge in [-0.15, -0.1) is 0 Å². The second kappa shape index (κ2) is 9.03. The van der Waals surface area contributed by atoms with Crippen molar-refractivity contribution in [2.24, 2.45) is 24.8 Å². The maximum Gasteiger partial charge on any atom is 0.253 e. The van der Waals surface area contributed by atoms with Crippen molar-refractivity contribution in [1.82, 2.24) is 14.8 Å². The predicted molar refractivity (Wildman–Crippen MR) is 132 cm³/mol. The first-order valence-electron chi connectivity index (χ1n) is 13.4. The highest BCUT2D eigenvalue weighted by Crippen LogP contribution is 2.39. The number of amides is 2. The standard InChI is InChI=1S/C28H37N3O3/c1-30-25-8-6-20(18-10-13-34-14-11-18)15-23(25)24-16-21(7-9-26(24)30)28(33)31-12-2-3-22(17-31)29-27(32)19-4-5-19/h7,9,16,18-20,22H,2-6,8,10-15,17H2,1H3,(H,29,32)/t20-,22?/m0/s1. The van der Waals surface area contributed by atoms with Crippen LogP contribution in [0.15, 0.2) is 18.2 Å². The fourth-order valence-electron chi connectivity index (χ4n) is 6.66. The van der Waals surface area contributed by atoms with Gasteiger partial charge in [-0.3, -0.25) is 9.59 Å². The number of aryl methyl sites for hydroxylation is 1. The van der Waals surface area contributed by atoms with Crippen molar-refractivity contribution in [2.45, 2.75) is 63.8 Å². The van der Waals surface area contributed by atoms with Crippen molar-refractivity contribution < 1.29 is 14.3 Å². The first-order valence-corrected chi connectivity index (χ1v) is 13.4. The Kier molecular flexibility index (Phi) is 5.88. The van der Waals surface area contributed by atoms with E-state index >= 15 is 0 Å². The highest BCUT2D eigenvalue weighted by Gasteiger charge is 2.34. The van der Waals surface area contributed by atoms with E-state index in [1.807, 2.05) is 11.0 Å². The van der Waals surface area contributed by atoms with Crippen LogP contribution in [0.3, 0.4) is 0 Å². The van der Waals surface area contributed by atoms with Crippen molar-refractivity contribution in [3.05, 3.63) is 35.0 Å². The van der Waals surface area contributed by atoms with Crippen LogP contribution in [0.2, 0.25) is 0 Å². The molecule has 6 heteroatoms. The van der Waals surface area contributed by atoms with E-state index in [2.05, 4.69) is 29.1 Å². The molecule has 182 valence electrons. The van der Waals surface area contributed by atoms with Crippen LogP contribution in [-0.2, 0) is 29.4 Å². The summed E-state index contributed by atoms with van der Waals surface area (Å²) in [6.07, 6.45) is 9.79. The Morgan fingerprint density at radius 2 is 1.85 bits per heavy atom. The Balaban J connectivity index is 1.22. The number of likely N-dealkylation sites (tertiary alicyclic amines) is 1. The third-order valence-corrected chi connectivity index (χ3v) is 8.84. The fourth-order valence-corrected chi connectivity index (χ4v) is 6.66. The lowest BCUT2D eigenvalue weighted by Gasteiger charge is -2.33. The molecular weight excluding hydrogens is 426 g/mol. The maximum absolute atomic E-state index is 13.5. The van der Waals surface area contributed by atoms with Gasteiger partial charge < -0.3 is 19.5 Å². The summed E-state index contributed by atoms with van der Waals surface area (Å²) in [5, 5.41) is 4.44. The number of nitrogens with one attached hydrogen (secondary N) is 1. The molecule has 2 aliphatic heterocycles. The number of hydrogen-bond acceptors (Lipinski definition) is 3. The number of ether oxygens (including phenoxy) is 1. The summed E-state index contributed by atoms with van der Waals surface area (Å²) in [5.41, 5.74) is 4.93. The minimum atomic E-state index is 0.0826. The summed E-state index contributed by atoms with van der Waals surface area (Å²) in [6, 6.07) is 6.37. The lowest BCUT2D eigenvalue weighted by molar-refractivity contribution is -0.123. The Bertz CT molecular complexity index is 1100. The first kappa shape index (κ1) is 22.1. The summed E-state index contributed by atoms with van der Waals surface area (Å²) >= 11 is 0. The molecule has 0 spiro atoms. The van der Waals surface area contributed by atoms with Gasteiger partial charge >= 0.3 is 0 Å². The topological polar surface area (TPSA) is 63.6 Å². The summed E-state index contributed by atoms with van der Waals surface area (Å²) < 4.78 is 7.96. The van der Waals surface area contributed by atoms with Crippen LogP contribution in [0.1, 0.15) is 66.6 Å². The molecule has 34 heavy (non-hydrogen) atoms. The summed E-state index contributed by atoms with van der Waals surface area (Å²) in [6.45, 7) is 3.19. The summed E-state index contributed by atoms with van der Waals surface area (Å²) in [7, 11) is 2.18. The van der Waals surface area contributed by atoms with Crippen LogP contribution in [-0.4, -0.2) is 53.6 Å². The van der Waals surface area contributed by atoms with Crippen molar-refractivity contribution >= 4 is 22.7 Å². The van der Waals surface area contributed by atoms with Gasteiger partial charge in [0.25, 0.3) is 5.91 Å². The second-order valence-electron chi connectivity index (χ2n) is 11.0. The highest BCUT2D eigenvalue weighted by atomic mass is 16.5. The van der Waals surface area contributed by atoms with Gasteiger partial charge in [-0.1, -0.05) is 0 Å². The molecule has 0 radical (unpaired) electrons. The fraction of sp³-hybridized carbons (Fsp3) is 0.643. The number of fused-ring (bicyclic) bond motifs is 3.